The summed E-state index contributed by atoms with van der Waals surface area (Å²) in [4.78, 5) is 20.6. The first-order valence-electron chi connectivity index (χ1n) is 4.16. The van der Waals surface area contributed by atoms with Crippen molar-refractivity contribution in [3.63, 3.8) is 0 Å². The van der Waals surface area contributed by atoms with Crippen LogP contribution < -0.4 is 5.73 Å². The molecule has 0 unspecified atom stereocenters. The normalized spacial score (nSPS) is 9.50. The second-order valence-electron chi connectivity index (χ2n) is 2.91. The molecule has 3 N–H and O–H groups in total. The second-order valence-corrected chi connectivity index (χ2v) is 2.91. The number of nitro benzene ring substituents is 1. The van der Waals surface area contributed by atoms with Crippen molar-refractivity contribution in [2.45, 2.75) is 6.54 Å². The second kappa shape index (κ2) is 4.37. The van der Waals surface area contributed by atoms with E-state index < -0.39 is 16.6 Å². The largest absolute Gasteiger partial charge is 0.478 e. The molecule has 16 heavy (non-hydrogen) atoms. The SMILES string of the molecule is N#Cc1cc(C(=O)O)cc(CN)c1[N+](=O)[O-]. The van der Waals surface area contributed by atoms with Crippen LogP contribution in [-0.4, -0.2) is 16.0 Å². The van der Waals surface area contributed by atoms with Crippen molar-refractivity contribution in [3.8, 4) is 6.07 Å². The molecular weight excluding hydrogens is 214 g/mol. The van der Waals surface area contributed by atoms with Gasteiger partial charge in [0.25, 0.3) is 5.69 Å². The van der Waals surface area contributed by atoms with Gasteiger partial charge in [0.1, 0.15) is 11.6 Å². The van der Waals surface area contributed by atoms with E-state index in [1.807, 2.05) is 0 Å². The lowest BCUT2D eigenvalue weighted by molar-refractivity contribution is -0.385. The van der Waals surface area contributed by atoms with Crippen LogP contribution in [0, 0.1) is 21.4 Å². The molecule has 0 radical (unpaired) electrons. The van der Waals surface area contributed by atoms with Crippen LogP contribution in [0.2, 0.25) is 0 Å². The Balaban J connectivity index is 3.57. The summed E-state index contributed by atoms with van der Waals surface area (Å²) in [5.74, 6) is -1.26. The Labute approximate surface area is 89.9 Å². The Bertz CT molecular complexity index is 504. The average Bonchev–Trinajstić information content (AvgIpc) is 2.26. The highest BCUT2D eigenvalue weighted by atomic mass is 16.6. The Kier molecular flexibility index (Phi) is 3.17. The Morgan fingerprint density at radius 1 is 1.62 bits per heavy atom. The highest BCUT2D eigenvalue weighted by Crippen LogP contribution is 2.25. The molecule has 1 aromatic carbocycles. The van der Waals surface area contributed by atoms with E-state index in [1.165, 1.54) is 0 Å². The standard InChI is InChI=1S/C9H7N3O4/c10-3-6-1-5(9(13)14)2-7(4-11)8(6)12(15)16/h1-2H,3,10H2,(H,13,14). The molecule has 0 heterocycles. The Hall–Kier alpha value is -2.46. The molecule has 0 aliphatic heterocycles. The number of nitriles is 1. The van der Waals surface area contributed by atoms with Crippen molar-refractivity contribution in [3.05, 3.63) is 38.9 Å². The molecule has 82 valence electrons. The lowest BCUT2D eigenvalue weighted by Gasteiger charge is -2.03. The molecule has 0 atom stereocenters. The summed E-state index contributed by atoms with van der Waals surface area (Å²) in [6.07, 6.45) is 0. The first kappa shape index (κ1) is 11.6. The molecule has 0 aliphatic carbocycles. The number of benzene rings is 1. The van der Waals surface area contributed by atoms with Gasteiger partial charge in [-0.3, -0.25) is 10.1 Å². The quantitative estimate of drug-likeness (QED) is 0.568. The molecule has 0 spiro atoms. The number of nitro groups is 1. The number of rotatable bonds is 3. The molecule has 0 bridgehead atoms. The molecule has 0 saturated heterocycles. The highest BCUT2D eigenvalue weighted by Gasteiger charge is 2.21. The number of hydrogen-bond acceptors (Lipinski definition) is 5. The molecular formula is C9H7N3O4. The van der Waals surface area contributed by atoms with Gasteiger partial charge in [-0.1, -0.05) is 0 Å². The third-order valence-corrected chi connectivity index (χ3v) is 1.96. The van der Waals surface area contributed by atoms with Crippen molar-refractivity contribution in [1.29, 1.82) is 5.26 Å². The zero-order valence-electron chi connectivity index (χ0n) is 8.01. The van der Waals surface area contributed by atoms with Crippen LogP contribution in [0.1, 0.15) is 21.5 Å². The van der Waals surface area contributed by atoms with Crippen LogP contribution in [0.25, 0.3) is 0 Å². The van der Waals surface area contributed by atoms with Gasteiger partial charge in [-0.2, -0.15) is 5.26 Å². The third kappa shape index (κ3) is 1.97. The first-order valence-corrected chi connectivity index (χ1v) is 4.16. The van der Waals surface area contributed by atoms with Crippen molar-refractivity contribution < 1.29 is 14.8 Å². The molecule has 7 heteroatoms. The van der Waals surface area contributed by atoms with Gasteiger partial charge >= 0.3 is 5.97 Å². The van der Waals surface area contributed by atoms with Crippen LogP contribution in [0.5, 0.6) is 0 Å². The predicted molar refractivity (Wildman–Crippen MR) is 52.7 cm³/mol. The zero-order chi connectivity index (χ0) is 12.3. The van der Waals surface area contributed by atoms with Crippen LogP contribution in [0.15, 0.2) is 12.1 Å². The minimum atomic E-state index is -1.26. The topological polar surface area (TPSA) is 130 Å². The number of carboxylic acids is 1. The van der Waals surface area contributed by atoms with E-state index in [0.29, 0.717) is 0 Å². The molecule has 0 aromatic heterocycles. The lowest BCUT2D eigenvalue weighted by Crippen LogP contribution is -2.07. The molecule has 7 nitrogen and oxygen atoms in total. The molecule has 0 fully saturated rings. The van der Waals surface area contributed by atoms with Crippen LogP contribution >= 0.6 is 0 Å². The van der Waals surface area contributed by atoms with Crippen molar-refractivity contribution in [2.75, 3.05) is 0 Å². The summed E-state index contributed by atoms with van der Waals surface area (Å²) in [5.41, 5.74) is 4.38. The van der Waals surface area contributed by atoms with Gasteiger partial charge in [-0.25, -0.2) is 4.79 Å². The van der Waals surface area contributed by atoms with E-state index in [1.54, 1.807) is 6.07 Å². The summed E-state index contributed by atoms with van der Waals surface area (Å²) in [5, 5.41) is 28.1. The number of nitrogens with zero attached hydrogens (tertiary/aromatic N) is 2. The summed E-state index contributed by atoms with van der Waals surface area (Å²) in [6, 6.07) is 3.64. The molecule has 0 aliphatic rings. The first-order chi connectivity index (χ1) is 7.51. The number of hydrogen-bond donors (Lipinski definition) is 2. The van der Waals surface area contributed by atoms with E-state index in [-0.39, 0.29) is 23.2 Å². The Morgan fingerprint density at radius 2 is 2.25 bits per heavy atom. The summed E-state index contributed by atoms with van der Waals surface area (Å²) in [6.45, 7) is -0.202. The smallest absolute Gasteiger partial charge is 0.335 e. The molecule has 1 aromatic rings. The number of carbonyl (C=O) groups is 1. The monoisotopic (exact) mass is 221 g/mol. The van der Waals surface area contributed by atoms with Gasteiger partial charge in [0.05, 0.1) is 10.5 Å². The molecule has 0 amide bonds. The van der Waals surface area contributed by atoms with Crippen LogP contribution in [0.3, 0.4) is 0 Å². The van der Waals surface area contributed by atoms with Crippen molar-refractivity contribution in [1.82, 2.24) is 0 Å². The number of nitrogens with two attached hydrogens (primary N) is 1. The minimum Gasteiger partial charge on any atom is -0.478 e. The zero-order valence-corrected chi connectivity index (χ0v) is 8.01. The third-order valence-electron chi connectivity index (χ3n) is 1.96. The molecule has 1 rings (SSSR count). The van der Waals surface area contributed by atoms with Gasteiger partial charge in [-0.05, 0) is 12.1 Å². The molecule has 0 saturated carbocycles. The van der Waals surface area contributed by atoms with E-state index in [0.717, 1.165) is 12.1 Å². The fraction of sp³-hybridized carbons (Fsp3) is 0.111. The van der Waals surface area contributed by atoms with E-state index in [4.69, 9.17) is 16.1 Å². The van der Waals surface area contributed by atoms with Crippen molar-refractivity contribution >= 4 is 11.7 Å². The maximum absolute atomic E-state index is 10.7. The summed E-state index contributed by atoms with van der Waals surface area (Å²) >= 11 is 0. The highest BCUT2D eigenvalue weighted by molar-refractivity contribution is 5.89. The minimum absolute atomic E-state index is 0.0291. The fourth-order valence-electron chi connectivity index (χ4n) is 1.27. The maximum Gasteiger partial charge on any atom is 0.335 e. The van der Waals surface area contributed by atoms with Gasteiger partial charge in [-0.15, -0.1) is 0 Å². The van der Waals surface area contributed by atoms with Gasteiger partial charge < -0.3 is 10.8 Å². The van der Waals surface area contributed by atoms with Crippen molar-refractivity contribution in [2.24, 2.45) is 5.73 Å². The van der Waals surface area contributed by atoms with Gasteiger partial charge in [0.15, 0.2) is 0 Å². The van der Waals surface area contributed by atoms with Gasteiger partial charge in [0.2, 0.25) is 0 Å². The average molecular weight is 221 g/mol. The van der Waals surface area contributed by atoms with E-state index in [2.05, 4.69) is 0 Å². The maximum atomic E-state index is 10.7. The Morgan fingerprint density at radius 3 is 2.62 bits per heavy atom. The lowest BCUT2D eigenvalue weighted by atomic mass is 10.0. The number of carboxylic acid groups (broad SMARTS) is 1. The summed E-state index contributed by atoms with van der Waals surface area (Å²) in [7, 11) is 0. The predicted octanol–water partition coefficient (Wildman–Crippen LogP) is 0.623. The number of aromatic carboxylic acids is 1. The van der Waals surface area contributed by atoms with Crippen LogP contribution in [0.4, 0.5) is 5.69 Å². The summed E-state index contributed by atoms with van der Waals surface area (Å²) < 4.78 is 0. The van der Waals surface area contributed by atoms with Crippen LogP contribution in [-0.2, 0) is 6.54 Å². The van der Waals surface area contributed by atoms with E-state index >= 15 is 0 Å². The van der Waals surface area contributed by atoms with Gasteiger partial charge in [0, 0.05) is 12.1 Å². The van der Waals surface area contributed by atoms with E-state index in [9.17, 15) is 14.9 Å². The fourth-order valence-corrected chi connectivity index (χ4v) is 1.27.